The summed E-state index contributed by atoms with van der Waals surface area (Å²) in [5.41, 5.74) is 0.305. The van der Waals surface area contributed by atoms with E-state index in [-0.39, 0.29) is 11.1 Å². The fourth-order valence-electron chi connectivity index (χ4n) is 1.23. The van der Waals surface area contributed by atoms with Crippen LogP contribution in [0.2, 0.25) is 0 Å². The van der Waals surface area contributed by atoms with E-state index in [0.29, 0.717) is 12.1 Å². The number of rotatable bonds is 1. The maximum absolute atomic E-state index is 11.5. The van der Waals surface area contributed by atoms with Gasteiger partial charge in [0.25, 0.3) is 5.56 Å². The monoisotopic (exact) mass is 180 g/mol. The lowest BCUT2D eigenvalue weighted by Crippen LogP contribution is -2.18. The number of aryl methyl sites for hydroxylation is 1. The first-order chi connectivity index (χ1) is 6.22. The van der Waals surface area contributed by atoms with Gasteiger partial charge in [-0.3, -0.25) is 9.78 Å². The van der Waals surface area contributed by atoms with Crippen LogP contribution in [0.25, 0.3) is 11.1 Å². The molecular weight excluding hydrogens is 172 g/mol. The van der Waals surface area contributed by atoms with Crippen LogP contribution in [-0.2, 0) is 6.54 Å². The highest BCUT2D eigenvalue weighted by atomic mass is 16.4. The number of H-pyrrole nitrogens is 1. The molecule has 0 radical (unpaired) electrons. The third-order valence-corrected chi connectivity index (χ3v) is 1.90. The molecule has 0 saturated heterocycles. The topological polar surface area (TPSA) is 68.0 Å². The molecule has 0 aromatic carbocycles. The zero-order chi connectivity index (χ0) is 9.42. The van der Waals surface area contributed by atoms with Crippen molar-refractivity contribution in [3.8, 4) is 0 Å². The third-order valence-electron chi connectivity index (χ3n) is 1.90. The summed E-state index contributed by atoms with van der Waals surface area (Å²) < 4.78 is 6.22. The van der Waals surface area contributed by atoms with Crippen molar-refractivity contribution in [1.29, 1.82) is 0 Å². The Bertz CT molecular complexity index is 546. The second-order valence-corrected chi connectivity index (χ2v) is 2.66. The Morgan fingerprint density at radius 1 is 1.54 bits per heavy atom. The molecule has 0 fully saturated rings. The highest BCUT2D eigenvalue weighted by Crippen LogP contribution is 2.02. The van der Waals surface area contributed by atoms with E-state index in [1.165, 1.54) is 4.57 Å². The zero-order valence-electron chi connectivity index (χ0n) is 7.03. The van der Waals surface area contributed by atoms with Gasteiger partial charge in [0.1, 0.15) is 0 Å². The van der Waals surface area contributed by atoms with Crippen molar-refractivity contribution in [2.45, 2.75) is 13.5 Å². The molecule has 0 bridgehead atoms. The van der Waals surface area contributed by atoms with E-state index in [2.05, 4.69) is 4.98 Å². The van der Waals surface area contributed by atoms with Crippen LogP contribution in [0, 0.1) is 0 Å². The number of nitrogens with zero attached hydrogens (tertiary/aromatic N) is 1. The van der Waals surface area contributed by atoms with E-state index >= 15 is 0 Å². The quantitative estimate of drug-likeness (QED) is 0.686. The molecule has 5 heteroatoms. The standard InChI is InChI=1S/C8H8N2O3/c1-2-10-4-3-5-6(7(10)11)9-8(12)13-5/h3-4H,2H2,1H3,(H,9,12). The summed E-state index contributed by atoms with van der Waals surface area (Å²) in [7, 11) is 0. The first-order valence-corrected chi connectivity index (χ1v) is 3.94. The molecule has 0 saturated carbocycles. The van der Waals surface area contributed by atoms with E-state index in [1.54, 1.807) is 12.3 Å². The van der Waals surface area contributed by atoms with Crippen molar-refractivity contribution >= 4 is 11.1 Å². The van der Waals surface area contributed by atoms with Crippen LogP contribution >= 0.6 is 0 Å². The highest BCUT2D eigenvalue weighted by Gasteiger charge is 2.05. The number of fused-ring (bicyclic) bond motifs is 1. The summed E-state index contributed by atoms with van der Waals surface area (Å²) in [4.78, 5) is 24.6. The van der Waals surface area contributed by atoms with Crippen LogP contribution in [-0.4, -0.2) is 9.55 Å². The van der Waals surface area contributed by atoms with Crippen molar-refractivity contribution in [2.24, 2.45) is 0 Å². The summed E-state index contributed by atoms with van der Waals surface area (Å²) in [6, 6.07) is 1.60. The number of nitrogens with one attached hydrogen (secondary N) is 1. The zero-order valence-corrected chi connectivity index (χ0v) is 7.03. The van der Waals surface area contributed by atoms with Crippen LogP contribution in [0.1, 0.15) is 6.92 Å². The number of oxazole rings is 1. The van der Waals surface area contributed by atoms with Gasteiger partial charge >= 0.3 is 5.76 Å². The van der Waals surface area contributed by atoms with Gasteiger partial charge in [-0.2, -0.15) is 0 Å². The maximum Gasteiger partial charge on any atom is 0.417 e. The van der Waals surface area contributed by atoms with Crippen molar-refractivity contribution < 1.29 is 4.42 Å². The Morgan fingerprint density at radius 2 is 2.31 bits per heavy atom. The SMILES string of the molecule is CCn1ccc2oc(=O)[nH]c2c1=O. The average Bonchev–Trinajstić information content (AvgIpc) is 2.47. The molecule has 0 aliphatic heterocycles. The van der Waals surface area contributed by atoms with Gasteiger partial charge in [-0.15, -0.1) is 0 Å². The van der Waals surface area contributed by atoms with Gasteiger partial charge in [-0.05, 0) is 13.0 Å². The van der Waals surface area contributed by atoms with Gasteiger partial charge < -0.3 is 8.98 Å². The lowest BCUT2D eigenvalue weighted by atomic mass is 10.4. The lowest BCUT2D eigenvalue weighted by molar-refractivity contribution is 0.554. The van der Waals surface area contributed by atoms with Gasteiger partial charge in [-0.1, -0.05) is 0 Å². The van der Waals surface area contributed by atoms with Crippen molar-refractivity contribution in [1.82, 2.24) is 9.55 Å². The second kappa shape index (κ2) is 2.62. The molecule has 2 aromatic heterocycles. The molecule has 0 aliphatic rings. The van der Waals surface area contributed by atoms with E-state index < -0.39 is 5.76 Å². The predicted octanol–water partition coefficient (Wildman–Crippen LogP) is 0.303. The minimum atomic E-state index is -0.596. The Labute approximate surface area is 72.6 Å². The summed E-state index contributed by atoms with van der Waals surface area (Å²) >= 11 is 0. The fraction of sp³-hybridized carbons (Fsp3) is 0.250. The molecule has 0 atom stereocenters. The van der Waals surface area contributed by atoms with Crippen LogP contribution in [0.5, 0.6) is 0 Å². The Balaban J connectivity index is 2.94. The van der Waals surface area contributed by atoms with Crippen LogP contribution in [0.15, 0.2) is 26.3 Å². The Kier molecular flexibility index (Phi) is 1.58. The van der Waals surface area contributed by atoms with E-state index in [4.69, 9.17) is 4.42 Å². The number of aromatic amines is 1. The summed E-state index contributed by atoms with van der Waals surface area (Å²) in [6.07, 6.45) is 1.60. The van der Waals surface area contributed by atoms with Gasteiger partial charge in [0.2, 0.25) is 0 Å². The minimum absolute atomic E-state index is 0.231. The predicted molar refractivity (Wildman–Crippen MR) is 46.8 cm³/mol. The van der Waals surface area contributed by atoms with E-state index in [1.807, 2.05) is 6.92 Å². The summed E-state index contributed by atoms with van der Waals surface area (Å²) in [6.45, 7) is 2.42. The molecule has 5 nitrogen and oxygen atoms in total. The van der Waals surface area contributed by atoms with Gasteiger partial charge in [0.15, 0.2) is 11.1 Å². The normalized spacial score (nSPS) is 10.8. The van der Waals surface area contributed by atoms with E-state index in [0.717, 1.165) is 0 Å². The molecule has 0 spiro atoms. The van der Waals surface area contributed by atoms with Crippen LogP contribution in [0.4, 0.5) is 0 Å². The molecule has 0 unspecified atom stereocenters. The first kappa shape index (κ1) is 7.85. The molecule has 1 N–H and O–H groups in total. The van der Waals surface area contributed by atoms with E-state index in [9.17, 15) is 9.59 Å². The largest absolute Gasteiger partial charge is 0.417 e. The van der Waals surface area contributed by atoms with Crippen molar-refractivity contribution in [3.63, 3.8) is 0 Å². The first-order valence-electron chi connectivity index (χ1n) is 3.94. The van der Waals surface area contributed by atoms with Crippen LogP contribution in [0.3, 0.4) is 0 Å². The third kappa shape index (κ3) is 1.09. The van der Waals surface area contributed by atoms with Gasteiger partial charge in [0.05, 0.1) is 0 Å². The van der Waals surface area contributed by atoms with Crippen molar-refractivity contribution in [2.75, 3.05) is 0 Å². The van der Waals surface area contributed by atoms with Gasteiger partial charge in [-0.25, -0.2) is 4.79 Å². The Hall–Kier alpha value is -1.78. The number of pyridine rings is 1. The van der Waals surface area contributed by atoms with Crippen LogP contribution < -0.4 is 11.3 Å². The molecule has 2 aromatic rings. The molecule has 68 valence electrons. The molecular formula is C8H8N2O3. The maximum atomic E-state index is 11.5. The average molecular weight is 180 g/mol. The number of hydrogen-bond acceptors (Lipinski definition) is 3. The van der Waals surface area contributed by atoms with Gasteiger partial charge in [0, 0.05) is 12.7 Å². The molecule has 2 rings (SSSR count). The smallest absolute Gasteiger partial charge is 0.408 e. The summed E-state index contributed by atoms with van der Waals surface area (Å²) in [5, 5.41) is 0. The minimum Gasteiger partial charge on any atom is -0.408 e. The lowest BCUT2D eigenvalue weighted by Gasteiger charge is -1.98. The second-order valence-electron chi connectivity index (χ2n) is 2.66. The molecule has 0 aliphatic carbocycles. The number of hydrogen-bond donors (Lipinski definition) is 1. The fourth-order valence-corrected chi connectivity index (χ4v) is 1.23. The highest BCUT2D eigenvalue weighted by molar-refractivity contribution is 5.70. The molecule has 0 amide bonds. The number of aromatic nitrogens is 2. The Morgan fingerprint density at radius 3 is 3.00 bits per heavy atom. The van der Waals surface area contributed by atoms with Crippen molar-refractivity contribution in [3.05, 3.63) is 33.2 Å². The molecule has 13 heavy (non-hydrogen) atoms. The molecule has 2 heterocycles. The summed E-state index contributed by atoms with van der Waals surface area (Å²) in [5.74, 6) is -0.596.